The summed E-state index contributed by atoms with van der Waals surface area (Å²) >= 11 is 3.61. The predicted molar refractivity (Wildman–Crippen MR) is 89.6 cm³/mol. The minimum absolute atomic E-state index is 0.0274. The molecule has 118 valence electrons. The topological polar surface area (TPSA) is 35.5 Å². The summed E-state index contributed by atoms with van der Waals surface area (Å²) in [6, 6.07) is 5.51. The molecule has 0 N–H and O–H groups in total. The van der Waals surface area contributed by atoms with Gasteiger partial charge in [0.2, 0.25) is 0 Å². The first-order valence-electron chi connectivity index (χ1n) is 7.09. The number of hydrogen-bond acceptors (Lipinski definition) is 3. The van der Waals surface area contributed by atoms with Crippen LogP contribution in [-0.4, -0.2) is 23.8 Å². The fourth-order valence-corrected chi connectivity index (χ4v) is 2.20. The van der Waals surface area contributed by atoms with Crippen molar-refractivity contribution in [2.45, 2.75) is 51.0 Å². The molecule has 0 saturated carbocycles. The number of methoxy groups -OCH3 is 1. The Balaban J connectivity index is 2.94. The molecule has 1 aromatic carbocycles. The summed E-state index contributed by atoms with van der Waals surface area (Å²) in [5.74, 6) is 0.713. The highest BCUT2D eigenvalue weighted by Gasteiger charge is 2.26. The molecule has 1 aromatic rings. The number of alkyl halides is 1. The van der Waals surface area contributed by atoms with Crippen molar-refractivity contribution in [3.8, 4) is 5.75 Å². The van der Waals surface area contributed by atoms with E-state index in [2.05, 4.69) is 29.8 Å². The lowest BCUT2D eigenvalue weighted by atomic mass is 9.94. The smallest absolute Gasteiger partial charge is 0.159 e. The molecule has 4 heteroatoms. The highest BCUT2D eigenvalue weighted by molar-refractivity contribution is 9.10. The maximum Gasteiger partial charge on any atom is 0.159 e. The van der Waals surface area contributed by atoms with Crippen LogP contribution in [0.1, 0.15) is 57.0 Å². The second-order valence-corrected chi connectivity index (χ2v) is 8.45. The highest BCUT2D eigenvalue weighted by Crippen LogP contribution is 2.34. The number of carbonyl (C=O) groups is 1. The molecule has 0 atom stereocenters. The molecule has 1 rings (SSSR count). The van der Waals surface area contributed by atoms with Gasteiger partial charge in [0.25, 0.3) is 0 Å². The second-order valence-electron chi connectivity index (χ2n) is 6.30. The Morgan fingerprint density at radius 3 is 2.33 bits per heavy atom. The largest absolute Gasteiger partial charge is 0.496 e. The maximum absolute atomic E-state index is 11.5. The number of halogens is 1. The molecule has 21 heavy (non-hydrogen) atoms. The van der Waals surface area contributed by atoms with Crippen LogP contribution in [0.2, 0.25) is 0 Å². The number of ether oxygens (including phenoxy) is 2. The van der Waals surface area contributed by atoms with E-state index < -0.39 is 5.60 Å². The van der Waals surface area contributed by atoms with E-state index in [-0.39, 0.29) is 10.1 Å². The molecule has 0 unspecified atom stereocenters. The number of benzene rings is 1. The molecule has 0 bridgehead atoms. The third-order valence-electron chi connectivity index (χ3n) is 3.42. The third-order valence-corrected chi connectivity index (χ3v) is 3.81. The van der Waals surface area contributed by atoms with Crippen LogP contribution >= 0.6 is 15.9 Å². The van der Waals surface area contributed by atoms with Crippen molar-refractivity contribution in [1.82, 2.24) is 0 Å². The molecule has 0 aliphatic carbocycles. The van der Waals surface area contributed by atoms with E-state index in [4.69, 9.17) is 9.47 Å². The predicted octanol–water partition coefficient (Wildman–Crippen LogP) is 4.71. The fraction of sp³-hybridized carbons (Fsp3) is 0.588. The van der Waals surface area contributed by atoms with E-state index >= 15 is 0 Å². The zero-order valence-electron chi connectivity index (χ0n) is 13.7. The number of Topliss-reactive ketones (excluding diaryl/α,β-unsaturated/α-hetero) is 1. The number of carbonyl (C=O) groups excluding carboxylic acids is 1. The standard InChI is InChI=1S/C17H25BrO3/c1-12(19)13-7-8-14(15(11-13)20-6)17(4,5)21-10-9-16(2,3)18/h7-8,11H,9-10H2,1-6H3. The zero-order chi connectivity index (χ0) is 16.3. The summed E-state index contributed by atoms with van der Waals surface area (Å²) in [5.41, 5.74) is 1.12. The molecular weight excluding hydrogens is 332 g/mol. The molecular formula is C17H25BrO3. The van der Waals surface area contributed by atoms with Crippen molar-refractivity contribution in [2.24, 2.45) is 0 Å². The van der Waals surface area contributed by atoms with E-state index in [1.165, 1.54) is 0 Å². The van der Waals surface area contributed by atoms with Gasteiger partial charge in [-0.05, 0) is 47.1 Å². The van der Waals surface area contributed by atoms with E-state index in [1.807, 2.05) is 26.0 Å². The number of rotatable bonds is 7. The molecule has 0 heterocycles. The van der Waals surface area contributed by atoms with Crippen LogP contribution in [0.25, 0.3) is 0 Å². The quantitative estimate of drug-likeness (QED) is 0.524. The van der Waals surface area contributed by atoms with E-state index in [0.29, 0.717) is 17.9 Å². The van der Waals surface area contributed by atoms with Crippen molar-refractivity contribution < 1.29 is 14.3 Å². The van der Waals surface area contributed by atoms with Crippen molar-refractivity contribution in [3.05, 3.63) is 29.3 Å². The van der Waals surface area contributed by atoms with Gasteiger partial charge in [-0.15, -0.1) is 0 Å². The minimum atomic E-state index is -0.473. The Kier molecular flexibility index (Phi) is 6.00. The van der Waals surface area contributed by atoms with Gasteiger partial charge >= 0.3 is 0 Å². The van der Waals surface area contributed by atoms with Gasteiger partial charge in [0.15, 0.2) is 5.78 Å². The lowest BCUT2D eigenvalue weighted by molar-refractivity contribution is -0.0260. The van der Waals surface area contributed by atoms with E-state index in [0.717, 1.165) is 12.0 Å². The minimum Gasteiger partial charge on any atom is -0.496 e. The van der Waals surface area contributed by atoms with Gasteiger partial charge in [-0.3, -0.25) is 4.79 Å². The summed E-state index contributed by atoms with van der Waals surface area (Å²) in [6.45, 7) is 10.5. The maximum atomic E-state index is 11.5. The molecule has 0 amide bonds. The van der Waals surface area contributed by atoms with Gasteiger partial charge < -0.3 is 9.47 Å². The highest BCUT2D eigenvalue weighted by atomic mass is 79.9. The van der Waals surface area contributed by atoms with Crippen molar-refractivity contribution in [3.63, 3.8) is 0 Å². The second kappa shape index (κ2) is 6.93. The SMILES string of the molecule is COc1cc(C(C)=O)ccc1C(C)(C)OCCC(C)(C)Br. The molecule has 0 radical (unpaired) electrons. The Bertz CT molecular complexity index is 501. The Morgan fingerprint density at radius 1 is 1.24 bits per heavy atom. The Hall–Kier alpha value is -0.870. The summed E-state index contributed by atoms with van der Waals surface area (Å²) in [5, 5.41) is 0. The van der Waals surface area contributed by atoms with Crippen LogP contribution in [0.5, 0.6) is 5.75 Å². The number of ketones is 1. The van der Waals surface area contributed by atoms with E-state index in [9.17, 15) is 4.79 Å². The van der Waals surface area contributed by atoms with Crippen LogP contribution in [0.15, 0.2) is 18.2 Å². The molecule has 0 aliphatic heterocycles. The molecule has 0 aliphatic rings. The van der Waals surface area contributed by atoms with Gasteiger partial charge in [-0.1, -0.05) is 28.1 Å². The fourth-order valence-electron chi connectivity index (χ4n) is 2.03. The molecule has 0 fully saturated rings. The number of hydrogen-bond donors (Lipinski definition) is 0. The van der Waals surface area contributed by atoms with Gasteiger partial charge in [0, 0.05) is 22.1 Å². The van der Waals surface area contributed by atoms with Crippen LogP contribution < -0.4 is 4.74 Å². The van der Waals surface area contributed by atoms with Gasteiger partial charge in [0.1, 0.15) is 5.75 Å². The van der Waals surface area contributed by atoms with Crippen molar-refractivity contribution in [2.75, 3.05) is 13.7 Å². The zero-order valence-corrected chi connectivity index (χ0v) is 15.3. The average Bonchev–Trinajstić information content (AvgIpc) is 2.35. The average molecular weight is 357 g/mol. The molecule has 0 saturated heterocycles. The Morgan fingerprint density at radius 2 is 1.86 bits per heavy atom. The first kappa shape index (κ1) is 18.2. The lowest BCUT2D eigenvalue weighted by Gasteiger charge is -2.29. The first-order valence-corrected chi connectivity index (χ1v) is 7.88. The summed E-state index contributed by atoms with van der Waals surface area (Å²) in [4.78, 5) is 11.5. The first-order chi connectivity index (χ1) is 9.57. The van der Waals surface area contributed by atoms with Gasteiger partial charge in [-0.25, -0.2) is 0 Å². The van der Waals surface area contributed by atoms with Crippen LogP contribution in [0.3, 0.4) is 0 Å². The van der Waals surface area contributed by atoms with Crippen molar-refractivity contribution >= 4 is 21.7 Å². The summed E-state index contributed by atoms with van der Waals surface area (Å²) < 4.78 is 11.5. The molecule has 3 nitrogen and oxygen atoms in total. The molecule has 0 spiro atoms. The van der Waals surface area contributed by atoms with Crippen molar-refractivity contribution in [1.29, 1.82) is 0 Å². The van der Waals surface area contributed by atoms with Crippen LogP contribution in [0, 0.1) is 0 Å². The molecule has 0 aromatic heterocycles. The van der Waals surface area contributed by atoms with Gasteiger partial charge in [-0.2, -0.15) is 0 Å². The lowest BCUT2D eigenvalue weighted by Crippen LogP contribution is -2.25. The van der Waals surface area contributed by atoms with E-state index in [1.54, 1.807) is 20.1 Å². The normalized spacial score (nSPS) is 12.3. The summed E-state index contributed by atoms with van der Waals surface area (Å²) in [7, 11) is 1.61. The van der Waals surface area contributed by atoms with Crippen LogP contribution in [0.4, 0.5) is 0 Å². The van der Waals surface area contributed by atoms with Gasteiger partial charge in [0.05, 0.1) is 12.7 Å². The van der Waals surface area contributed by atoms with Crippen LogP contribution in [-0.2, 0) is 10.3 Å². The third kappa shape index (κ3) is 5.44. The monoisotopic (exact) mass is 356 g/mol. The summed E-state index contributed by atoms with van der Waals surface area (Å²) in [6.07, 6.45) is 0.907. The Labute approximate surface area is 136 Å².